The van der Waals surface area contributed by atoms with Crippen LogP contribution < -0.4 is 5.32 Å². The zero-order valence-electron chi connectivity index (χ0n) is 10.3. The number of aromatic nitrogens is 1. The molecule has 0 bridgehead atoms. The summed E-state index contributed by atoms with van der Waals surface area (Å²) in [4.78, 5) is 16.1. The van der Waals surface area contributed by atoms with Crippen LogP contribution in [0.4, 0.5) is 0 Å². The number of amides is 1. The Labute approximate surface area is 120 Å². The highest BCUT2D eigenvalue weighted by atomic mass is 35.5. The van der Waals surface area contributed by atoms with E-state index in [9.17, 15) is 9.90 Å². The van der Waals surface area contributed by atoms with E-state index < -0.39 is 0 Å². The molecule has 1 unspecified atom stereocenters. The van der Waals surface area contributed by atoms with E-state index in [1.165, 1.54) is 12.1 Å². The third-order valence-corrected chi connectivity index (χ3v) is 3.89. The van der Waals surface area contributed by atoms with E-state index >= 15 is 0 Å². The first kappa shape index (κ1) is 13.8. The van der Waals surface area contributed by atoms with Gasteiger partial charge in [0.25, 0.3) is 5.91 Å². The van der Waals surface area contributed by atoms with Gasteiger partial charge < -0.3 is 10.4 Å². The average molecular weight is 297 g/mol. The van der Waals surface area contributed by atoms with Crippen molar-refractivity contribution >= 4 is 28.8 Å². The van der Waals surface area contributed by atoms with Gasteiger partial charge >= 0.3 is 0 Å². The zero-order chi connectivity index (χ0) is 13.8. The molecule has 19 heavy (non-hydrogen) atoms. The summed E-state index contributed by atoms with van der Waals surface area (Å²) in [6.07, 6.45) is 1.74. The number of phenols is 1. The molecule has 0 aliphatic rings. The number of hydrogen-bond acceptors (Lipinski definition) is 4. The highest BCUT2D eigenvalue weighted by molar-refractivity contribution is 7.09. The molecule has 0 aliphatic heterocycles. The van der Waals surface area contributed by atoms with Crippen molar-refractivity contribution in [3.8, 4) is 5.75 Å². The maximum Gasteiger partial charge on any atom is 0.255 e. The minimum absolute atomic E-state index is 0.119. The number of benzene rings is 1. The lowest BCUT2D eigenvalue weighted by Gasteiger charge is -2.11. The molecular formula is C13H13ClN2O2S. The number of thiazole rings is 1. The predicted octanol–water partition coefficient (Wildman–Crippen LogP) is 3.04. The van der Waals surface area contributed by atoms with Gasteiger partial charge in [0.05, 0.1) is 10.6 Å². The fourth-order valence-corrected chi connectivity index (χ4v) is 2.47. The zero-order valence-corrected chi connectivity index (χ0v) is 11.8. The number of phenolic OH excluding ortho intramolecular Hbond substituents is 1. The Balaban J connectivity index is 1.98. The van der Waals surface area contributed by atoms with E-state index in [0.717, 1.165) is 5.01 Å². The second kappa shape index (κ2) is 6.04. The summed E-state index contributed by atoms with van der Waals surface area (Å²) in [5, 5.41) is 15.7. The quantitative estimate of drug-likeness (QED) is 0.911. The number of aromatic hydroxyl groups is 1. The first-order valence-corrected chi connectivity index (χ1v) is 7.00. The van der Waals surface area contributed by atoms with Crippen LogP contribution in [0, 0.1) is 0 Å². The fourth-order valence-electron chi connectivity index (χ4n) is 1.60. The number of hydrogen-bond donors (Lipinski definition) is 2. The molecule has 6 heteroatoms. The summed E-state index contributed by atoms with van der Waals surface area (Å²) in [6, 6.07) is 4.42. The number of nitrogens with one attached hydrogen (secondary N) is 1. The molecule has 4 nitrogen and oxygen atoms in total. The van der Waals surface area contributed by atoms with Crippen LogP contribution in [0.15, 0.2) is 29.8 Å². The van der Waals surface area contributed by atoms with Crippen molar-refractivity contribution in [3.63, 3.8) is 0 Å². The number of nitrogens with zero attached hydrogens (tertiary/aromatic N) is 1. The maximum absolute atomic E-state index is 11.9. The molecule has 2 rings (SSSR count). The Kier molecular flexibility index (Phi) is 4.39. The summed E-state index contributed by atoms with van der Waals surface area (Å²) in [6.45, 7) is 2.45. The summed E-state index contributed by atoms with van der Waals surface area (Å²) in [7, 11) is 0. The van der Waals surface area contributed by atoms with Gasteiger partial charge in [-0.2, -0.15) is 0 Å². The van der Waals surface area contributed by atoms with Crippen molar-refractivity contribution in [2.75, 3.05) is 6.54 Å². The molecule has 2 N–H and O–H groups in total. The smallest absolute Gasteiger partial charge is 0.255 e. The Morgan fingerprint density at radius 3 is 3.00 bits per heavy atom. The molecule has 1 atom stereocenters. The normalized spacial score (nSPS) is 12.1. The summed E-state index contributed by atoms with van der Waals surface area (Å²) >= 11 is 7.27. The van der Waals surface area contributed by atoms with E-state index in [0.29, 0.717) is 11.6 Å². The summed E-state index contributed by atoms with van der Waals surface area (Å²) < 4.78 is 0. The van der Waals surface area contributed by atoms with Crippen molar-refractivity contribution in [1.82, 2.24) is 10.3 Å². The molecule has 1 aromatic heterocycles. The average Bonchev–Trinajstić information content (AvgIpc) is 2.89. The first-order valence-electron chi connectivity index (χ1n) is 5.74. The molecule has 100 valence electrons. The largest absolute Gasteiger partial charge is 0.507 e. The third-order valence-electron chi connectivity index (χ3n) is 2.65. The minimum atomic E-state index is -0.322. The monoisotopic (exact) mass is 296 g/mol. The SMILES string of the molecule is CC(CNC(=O)c1ccc(Cl)cc1O)c1nccs1. The van der Waals surface area contributed by atoms with Crippen molar-refractivity contribution in [3.05, 3.63) is 45.4 Å². The lowest BCUT2D eigenvalue weighted by atomic mass is 10.1. The third kappa shape index (κ3) is 3.45. The highest BCUT2D eigenvalue weighted by Gasteiger charge is 2.14. The van der Waals surface area contributed by atoms with Crippen LogP contribution in [0.5, 0.6) is 5.75 Å². The van der Waals surface area contributed by atoms with Crippen molar-refractivity contribution < 1.29 is 9.90 Å². The van der Waals surface area contributed by atoms with E-state index in [1.807, 2.05) is 12.3 Å². The fraction of sp³-hybridized carbons (Fsp3) is 0.231. The Morgan fingerprint density at radius 1 is 1.58 bits per heavy atom. The Hall–Kier alpha value is -1.59. The van der Waals surface area contributed by atoms with Gasteiger partial charge in [0.1, 0.15) is 5.75 Å². The molecule has 1 aromatic carbocycles. The van der Waals surface area contributed by atoms with E-state index in [4.69, 9.17) is 11.6 Å². The van der Waals surface area contributed by atoms with Crippen LogP contribution in [-0.4, -0.2) is 22.5 Å². The van der Waals surface area contributed by atoms with Crippen LogP contribution >= 0.6 is 22.9 Å². The Morgan fingerprint density at radius 2 is 2.37 bits per heavy atom. The van der Waals surface area contributed by atoms with Gasteiger partial charge in [-0.05, 0) is 18.2 Å². The molecule has 0 spiro atoms. The standard InChI is InChI=1S/C13H13ClN2O2S/c1-8(13-15-4-5-19-13)7-16-12(18)10-3-2-9(14)6-11(10)17/h2-6,8,17H,7H2,1H3,(H,16,18). The highest BCUT2D eigenvalue weighted by Crippen LogP contribution is 2.22. The predicted molar refractivity (Wildman–Crippen MR) is 76.0 cm³/mol. The molecule has 0 saturated heterocycles. The van der Waals surface area contributed by atoms with Crippen molar-refractivity contribution in [1.29, 1.82) is 0 Å². The number of halogens is 1. The second-order valence-electron chi connectivity index (χ2n) is 4.14. The number of carbonyl (C=O) groups excluding carboxylic acids is 1. The molecule has 0 radical (unpaired) electrons. The van der Waals surface area contributed by atoms with Crippen LogP contribution in [0.2, 0.25) is 5.02 Å². The molecule has 1 amide bonds. The molecular weight excluding hydrogens is 284 g/mol. The van der Waals surface area contributed by atoms with E-state index in [2.05, 4.69) is 10.3 Å². The van der Waals surface area contributed by atoms with Gasteiger partial charge in [0.15, 0.2) is 0 Å². The van der Waals surface area contributed by atoms with Crippen LogP contribution in [-0.2, 0) is 0 Å². The van der Waals surface area contributed by atoms with Gasteiger partial charge in [-0.1, -0.05) is 18.5 Å². The van der Waals surface area contributed by atoms with Crippen LogP contribution in [0.25, 0.3) is 0 Å². The first-order chi connectivity index (χ1) is 9.08. The second-order valence-corrected chi connectivity index (χ2v) is 5.51. The molecule has 0 saturated carbocycles. The molecule has 0 aliphatic carbocycles. The minimum Gasteiger partial charge on any atom is -0.507 e. The Bertz CT molecular complexity index is 572. The maximum atomic E-state index is 11.9. The topological polar surface area (TPSA) is 62.2 Å². The van der Waals surface area contributed by atoms with E-state index in [-0.39, 0.29) is 23.1 Å². The lowest BCUT2D eigenvalue weighted by Crippen LogP contribution is -2.27. The van der Waals surface area contributed by atoms with Gasteiger partial charge in [0.2, 0.25) is 0 Å². The van der Waals surface area contributed by atoms with Gasteiger partial charge in [-0.3, -0.25) is 4.79 Å². The van der Waals surface area contributed by atoms with Crippen LogP contribution in [0.3, 0.4) is 0 Å². The van der Waals surface area contributed by atoms with Crippen molar-refractivity contribution in [2.24, 2.45) is 0 Å². The van der Waals surface area contributed by atoms with E-state index in [1.54, 1.807) is 23.6 Å². The number of carbonyl (C=O) groups is 1. The van der Waals surface area contributed by atoms with Gasteiger partial charge in [-0.15, -0.1) is 11.3 Å². The molecule has 0 fully saturated rings. The van der Waals surface area contributed by atoms with Crippen LogP contribution in [0.1, 0.15) is 28.2 Å². The van der Waals surface area contributed by atoms with Gasteiger partial charge in [0, 0.05) is 29.1 Å². The number of rotatable bonds is 4. The van der Waals surface area contributed by atoms with Crippen molar-refractivity contribution in [2.45, 2.75) is 12.8 Å². The lowest BCUT2D eigenvalue weighted by molar-refractivity contribution is 0.0949. The molecule has 2 aromatic rings. The summed E-state index contributed by atoms with van der Waals surface area (Å²) in [5.41, 5.74) is 0.218. The van der Waals surface area contributed by atoms with Gasteiger partial charge in [-0.25, -0.2) is 4.98 Å². The summed E-state index contributed by atoms with van der Waals surface area (Å²) in [5.74, 6) is -0.303. The molecule has 1 heterocycles.